The number of hydrogen-bond donors (Lipinski definition) is 1. The molecule has 1 fully saturated rings. The second-order valence-electron chi connectivity index (χ2n) is 8.08. The summed E-state index contributed by atoms with van der Waals surface area (Å²) in [6.07, 6.45) is 3.63. The Bertz CT molecular complexity index is 1450. The second-order valence-corrected chi connectivity index (χ2v) is 8.08. The number of benzene rings is 2. The summed E-state index contributed by atoms with van der Waals surface area (Å²) in [7, 11) is 0. The molecule has 0 spiro atoms. The van der Waals surface area contributed by atoms with E-state index in [0.717, 1.165) is 29.8 Å². The minimum atomic E-state index is -0.513. The molecule has 1 aliphatic carbocycles. The van der Waals surface area contributed by atoms with Gasteiger partial charge in [0.1, 0.15) is 12.1 Å². The summed E-state index contributed by atoms with van der Waals surface area (Å²) < 4.78 is 2.79. The van der Waals surface area contributed by atoms with Crippen molar-refractivity contribution in [1.82, 2.24) is 19.6 Å². The van der Waals surface area contributed by atoms with E-state index in [4.69, 9.17) is 0 Å². The third kappa shape index (κ3) is 3.86. The van der Waals surface area contributed by atoms with Gasteiger partial charge in [0.05, 0.1) is 22.5 Å². The Balaban J connectivity index is 1.51. The number of para-hydroxylation sites is 1. The minimum Gasteiger partial charge on any atom is -0.324 e. The van der Waals surface area contributed by atoms with Gasteiger partial charge in [-0.2, -0.15) is 10.2 Å². The summed E-state index contributed by atoms with van der Waals surface area (Å²) in [6, 6.07) is 13.1. The van der Waals surface area contributed by atoms with Gasteiger partial charge in [-0.25, -0.2) is 9.36 Å². The highest BCUT2D eigenvalue weighted by Crippen LogP contribution is 2.41. The van der Waals surface area contributed by atoms with Crippen LogP contribution in [-0.4, -0.2) is 30.4 Å². The Morgan fingerprint density at radius 2 is 1.91 bits per heavy atom. The molecule has 0 saturated heterocycles. The number of carbonyl (C=O) groups excluding carboxylic acids is 1. The lowest BCUT2D eigenvalue weighted by Gasteiger charge is -2.11. The van der Waals surface area contributed by atoms with Crippen molar-refractivity contribution < 1.29 is 9.72 Å². The topological polar surface area (TPSA) is 125 Å². The molecule has 0 atom stereocenters. The van der Waals surface area contributed by atoms with Crippen molar-refractivity contribution >= 4 is 28.2 Å². The summed E-state index contributed by atoms with van der Waals surface area (Å²) in [5.74, 6) is -0.215. The molecule has 0 bridgehead atoms. The first-order chi connectivity index (χ1) is 15.9. The van der Waals surface area contributed by atoms with E-state index in [0.29, 0.717) is 16.6 Å². The number of aryl methyl sites for hydroxylation is 1. The zero-order valence-corrected chi connectivity index (χ0v) is 17.8. The lowest BCUT2D eigenvalue weighted by molar-refractivity contribution is -0.384. The van der Waals surface area contributed by atoms with E-state index in [2.05, 4.69) is 15.5 Å². The Morgan fingerprint density at radius 1 is 1.18 bits per heavy atom. The highest BCUT2D eigenvalue weighted by Gasteiger charge is 2.30. The number of rotatable bonds is 6. The van der Waals surface area contributed by atoms with Gasteiger partial charge in [0, 0.05) is 29.1 Å². The Hall–Kier alpha value is -4.34. The first-order valence-corrected chi connectivity index (χ1v) is 10.5. The quantitative estimate of drug-likeness (QED) is 0.359. The van der Waals surface area contributed by atoms with Gasteiger partial charge in [0.25, 0.3) is 11.2 Å². The van der Waals surface area contributed by atoms with Crippen LogP contribution >= 0.6 is 0 Å². The number of hydrogen-bond acceptors (Lipinski definition) is 6. The third-order valence-corrected chi connectivity index (χ3v) is 5.67. The lowest BCUT2D eigenvalue weighted by atomic mass is 10.2. The molecule has 2 aromatic carbocycles. The Labute approximate surface area is 187 Å². The van der Waals surface area contributed by atoms with E-state index in [1.165, 1.54) is 28.9 Å². The number of nitro groups is 1. The molecule has 10 nitrogen and oxygen atoms in total. The molecule has 33 heavy (non-hydrogen) atoms. The summed E-state index contributed by atoms with van der Waals surface area (Å²) in [4.78, 5) is 36.3. The first kappa shape index (κ1) is 20.6. The number of fused-ring (bicyclic) bond motifs is 1. The largest absolute Gasteiger partial charge is 0.324 e. The summed E-state index contributed by atoms with van der Waals surface area (Å²) in [6.45, 7) is 1.66. The maximum Gasteiger partial charge on any atom is 0.293 e. The molecule has 0 unspecified atom stereocenters. The molecule has 2 aromatic heterocycles. The fourth-order valence-electron chi connectivity index (χ4n) is 3.85. The number of amides is 1. The summed E-state index contributed by atoms with van der Waals surface area (Å²) in [5.41, 5.74) is 2.83. The number of aromatic nitrogens is 4. The van der Waals surface area contributed by atoms with Gasteiger partial charge in [0.2, 0.25) is 5.91 Å². The maximum atomic E-state index is 13.4. The average Bonchev–Trinajstić information content (AvgIpc) is 3.54. The number of non-ortho nitro benzene ring substituents is 1. The van der Waals surface area contributed by atoms with Gasteiger partial charge in [-0.3, -0.25) is 19.7 Å². The van der Waals surface area contributed by atoms with Crippen LogP contribution in [0.3, 0.4) is 0 Å². The van der Waals surface area contributed by atoms with Crippen LogP contribution < -0.4 is 10.9 Å². The van der Waals surface area contributed by atoms with Crippen LogP contribution in [0.25, 0.3) is 16.6 Å². The van der Waals surface area contributed by atoms with Crippen LogP contribution in [0.4, 0.5) is 11.4 Å². The van der Waals surface area contributed by atoms with Gasteiger partial charge in [-0.1, -0.05) is 18.2 Å². The van der Waals surface area contributed by atoms with Gasteiger partial charge < -0.3 is 5.32 Å². The molecular weight excluding hydrogens is 424 g/mol. The van der Waals surface area contributed by atoms with Crippen molar-refractivity contribution in [3.63, 3.8) is 0 Å². The second kappa shape index (κ2) is 7.97. The monoisotopic (exact) mass is 444 g/mol. The highest BCUT2D eigenvalue weighted by atomic mass is 16.6. The van der Waals surface area contributed by atoms with Crippen molar-refractivity contribution in [1.29, 1.82) is 0 Å². The molecule has 5 rings (SSSR count). The van der Waals surface area contributed by atoms with E-state index in [1.54, 1.807) is 10.9 Å². The number of anilines is 1. The average molecular weight is 444 g/mol. The predicted octanol–water partition coefficient (Wildman–Crippen LogP) is 3.31. The van der Waals surface area contributed by atoms with E-state index >= 15 is 0 Å². The SMILES string of the molecule is Cc1ccccc1-n1ncc2c(C3CC3)nn(CC(=O)Nc3ccc([N+](=O)[O-])cc3)c(=O)c21. The van der Waals surface area contributed by atoms with Crippen LogP contribution in [0.2, 0.25) is 0 Å². The van der Waals surface area contributed by atoms with E-state index < -0.39 is 16.4 Å². The van der Waals surface area contributed by atoms with Gasteiger partial charge >= 0.3 is 0 Å². The van der Waals surface area contributed by atoms with Crippen LogP contribution in [0.15, 0.2) is 59.5 Å². The van der Waals surface area contributed by atoms with Crippen molar-refractivity contribution in [2.75, 3.05) is 5.32 Å². The summed E-state index contributed by atoms with van der Waals surface area (Å²) in [5, 5.41) is 23.2. The molecule has 0 radical (unpaired) electrons. The molecule has 1 aliphatic rings. The first-order valence-electron chi connectivity index (χ1n) is 10.5. The van der Waals surface area contributed by atoms with Crippen LogP contribution in [-0.2, 0) is 11.3 Å². The highest BCUT2D eigenvalue weighted by molar-refractivity contribution is 5.91. The molecule has 10 heteroatoms. The van der Waals surface area contributed by atoms with Crippen LogP contribution in [0.5, 0.6) is 0 Å². The zero-order valence-electron chi connectivity index (χ0n) is 17.8. The zero-order chi connectivity index (χ0) is 23.1. The van der Waals surface area contributed by atoms with Gasteiger partial charge in [-0.15, -0.1) is 0 Å². The van der Waals surface area contributed by atoms with Crippen LogP contribution in [0, 0.1) is 17.0 Å². The molecule has 4 aromatic rings. The van der Waals surface area contributed by atoms with E-state index in [1.807, 2.05) is 31.2 Å². The van der Waals surface area contributed by atoms with Gasteiger partial charge in [-0.05, 0) is 43.5 Å². The van der Waals surface area contributed by atoms with Crippen molar-refractivity contribution in [3.8, 4) is 5.69 Å². The number of nitrogens with zero attached hydrogens (tertiary/aromatic N) is 5. The van der Waals surface area contributed by atoms with Gasteiger partial charge in [0.15, 0.2) is 0 Å². The lowest BCUT2D eigenvalue weighted by Crippen LogP contribution is -2.31. The molecule has 2 heterocycles. The smallest absolute Gasteiger partial charge is 0.293 e. The maximum absolute atomic E-state index is 13.4. The minimum absolute atomic E-state index is 0.0742. The van der Waals surface area contributed by atoms with E-state index in [-0.39, 0.29) is 18.2 Å². The molecule has 1 N–H and O–H groups in total. The third-order valence-electron chi connectivity index (χ3n) is 5.67. The summed E-state index contributed by atoms with van der Waals surface area (Å²) >= 11 is 0. The number of nitrogens with one attached hydrogen (secondary N) is 1. The molecular formula is C23H20N6O4. The molecule has 166 valence electrons. The fourth-order valence-corrected chi connectivity index (χ4v) is 3.85. The number of carbonyl (C=O) groups is 1. The van der Waals surface area contributed by atoms with Crippen molar-refractivity contribution in [2.45, 2.75) is 32.2 Å². The van der Waals surface area contributed by atoms with Crippen LogP contribution in [0.1, 0.15) is 30.0 Å². The Kier molecular flexibility index (Phi) is 4.97. The molecule has 1 saturated carbocycles. The van der Waals surface area contributed by atoms with Crippen molar-refractivity contribution in [2.24, 2.45) is 0 Å². The number of nitro benzene ring substituents is 1. The van der Waals surface area contributed by atoms with Crippen molar-refractivity contribution in [3.05, 3.63) is 86.5 Å². The molecule has 1 amide bonds. The van der Waals surface area contributed by atoms with E-state index in [9.17, 15) is 19.7 Å². The Morgan fingerprint density at radius 3 is 2.58 bits per heavy atom. The normalized spacial score (nSPS) is 13.2. The molecule has 0 aliphatic heterocycles. The fraction of sp³-hybridized carbons (Fsp3) is 0.217. The standard InChI is InChI=1S/C23H20N6O4/c1-14-4-2-3-5-19(14)28-22-18(12-24-28)21(15-6-7-15)26-27(23(22)31)13-20(30)25-16-8-10-17(11-9-16)29(32)33/h2-5,8-12,15H,6-7,13H2,1H3,(H,25,30). The predicted molar refractivity (Wildman–Crippen MR) is 122 cm³/mol.